The lowest BCUT2D eigenvalue weighted by atomic mass is 10.1. The number of piperidine rings is 1. The van der Waals surface area contributed by atoms with Gasteiger partial charge in [0, 0.05) is 43.2 Å². The van der Waals surface area contributed by atoms with Crippen molar-refractivity contribution in [3.8, 4) is 5.75 Å². The number of carbonyl (C=O) groups excluding carboxylic acids is 1. The third kappa shape index (κ3) is 3.64. The van der Waals surface area contributed by atoms with E-state index in [2.05, 4.69) is 0 Å². The van der Waals surface area contributed by atoms with Gasteiger partial charge in [0.05, 0.1) is 0 Å². The van der Waals surface area contributed by atoms with Gasteiger partial charge in [-0.2, -0.15) is 0 Å². The number of nitrogens with two attached hydrogens (primary N) is 1. The third-order valence-corrected chi connectivity index (χ3v) is 4.07. The predicted molar refractivity (Wildman–Crippen MR) is 86.8 cm³/mol. The van der Waals surface area contributed by atoms with E-state index >= 15 is 0 Å². The summed E-state index contributed by atoms with van der Waals surface area (Å²) in [5, 5.41) is 0. The molecule has 3 rings (SSSR count). The molecule has 0 aromatic heterocycles. The molecule has 0 saturated carbocycles. The van der Waals surface area contributed by atoms with E-state index in [1.165, 1.54) is 6.07 Å². The summed E-state index contributed by atoms with van der Waals surface area (Å²) in [4.78, 5) is 14.2. The van der Waals surface area contributed by atoms with Crippen LogP contribution >= 0.6 is 0 Å². The molecule has 1 heterocycles. The molecule has 0 bridgehead atoms. The summed E-state index contributed by atoms with van der Waals surface area (Å²) < 4.78 is 32.1. The second-order valence-electron chi connectivity index (χ2n) is 5.81. The Morgan fingerprint density at radius 2 is 1.75 bits per heavy atom. The fourth-order valence-corrected chi connectivity index (χ4v) is 2.74. The SMILES string of the molecule is Nc1ccc(C(=O)N2CCC(Oc3ccc(F)cc3F)CC2)cc1. The topological polar surface area (TPSA) is 55.6 Å². The van der Waals surface area contributed by atoms with Crippen LogP contribution in [0.4, 0.5) is 14.5 Å². The van der Waals surface area contributed by atoms with Crippen LogP contribution in [-0.4, -0.2) is 30.0 Å². The molecule has 1 fully saturated rings. The van der Waals surface area contributed by atoms with Crippen molar-refractivity contribution in [1.29, 1.82) is 0 Å². The van der Waals surface area contributed by atoms with Gasteiger partial charge < -0.3 is 15.4 Å². The fourth-order valence-electron chi connectivity index (χ4n) is 2.74. The average Bonchev–Trinajstić information content (AvgIpc) is 2.58. The lowest BCUT2D eigenvalue weighted by molar-refractivity contribution is 0.0588. The molecule has 1 aliphatic rings. The van der Waals surface area contributed by atoms with E-state index in [9.17, 15) is 13.6 Å². The summed E-state index contributed by atoms with van der Waals surface area (Å²) in [6.07, 6.45) is 0.995. The summed E-state index contributed by atoms with van der Waals surface area (Å²) >= 11 is 0. The van der Waals surface area contributed by atoms with Crippen molar-refractivity contribution in [2.45, 2.75) is 18.9 Å². The van der Waals surface area contributed by atoms with Gasteiger partial charge in [-0.1, -0.05) is 0 Å². The molecule has 2 aromatic rings. The maximum Gasteiger partial charge on any atom is 0.253 e. The molecular weight excluding hydrogens is 314 g/mol. The van der Waals surface area contributed by atoms with Crippen LogP contribution in [0.1, 0.15) is 23.2 Å². The molecule has 2 aromatic carbocycles. The molecule has 0 radical (unpaired) electrons. The normalized spacial score (nSPS) is 15.3. The number of amides is 1. The Balaban J connectivity index is 1.57. The van der Waals surface area contributed by atoms with Crippen LogP contribution < -0.4 is 10.5 Å². The van der Waals surface area contributed by atoms with Crippen LogP contribution in [0.2, 0.25) is 0 Å². The highest BCUT2D eigenvalue weighted by Crippen LogP contribution is 2.23. The first-order valence-electron chi connectivity index (χ1n) is 7.79. The number of benzene rings is 2. The highest BCUT2D eigenvalue weighted by atomic mass is 19.1. The smallest absolute Gasteiger partial charge is 0.253 e. The van der Waals surface area contributed by atoms with Crippen molar-refractivity contribution in [3.05, 3.63) is 59.7 Å². The van der Waals surface area contributed by atoms with Gasteiger partial charge in [-0.05, 0) is 36.4 Å². The van der Waals surface area contributed by atoms with Crippen LogP contribution in [0, 0.1) is 11.6 Å². The molecule has 6 heteroatoms. The maximum atomic E-state index is 13.6. The molecule has 4 nitrogen and oxygen atoms in total. The van der Waals surface area contributed by atoms with Crippen molar-refractivity contribution in [2.75, 3.05) is 18.8 Å². The third-order valence-electron chi connectivity index (χ3n) is 4.07. The number of nitrogen functional groups attached to an aromatic ring is 1. The van der Waals surface area contributed by atoms with Crippen LogP contribution in [0.5, 0.6) is 5.75 Å². The van der Waals surface area contributed by atoms with Crippen molar-refractivity contribution in [2.24, 2.45) is 0 Å². The first-order chi connectivity index (χ1) is 11.5. The predicted octanol–water partition coefficient (Wildman–Crippen LogP) is 3.23. The highest BCUT2D eigenvalue weighted by Gasteiger charge is 2.25. The molecule has 1 saturated heterocycles. The lowest BCUT2D eigenvalue weighted by Gasteiger charge is -2.32. The Morgan fingerprint density at radius 1 is 1.08 bits per heavy atom. The first kappa shape index (κ1) is 16.2. The number of nitrogens with zero attached hydrogens (tertiary/aromatic N) is 1. The molecule has 0 spiro atoms. The highest BCUT2D eigenvalue weighted by molar-refractivity contribution is 5.94. The summed E-state index contributed by atoms with van der Waals surface area (Å²) in [7, 11) is 0. The van der Waals surface area contributed by atoms with Gasteiger partial charge in [-0.25, -0.2) is 8.78 Å². The molecule has 126 valence electrons. The van der Waals surface area contributed by atoms with Crippen molar-refractivity contribution in [3.63, 3.8) is 0 Å². The Kier molecular flexibility index (Phi) is 4.64. The van der Waals surface area contributed by atoms with E-state index in [0.29, 0.717) is 37.2 Å². The number of carbonyl (C=O) groups is 1. The molecule has 1 aliphatic heterocycles. The molecule has 0 unspecified atom stereocenters. The Hall–Kier alpha value is -2.63. The van der Waals surface area contributed by atoms with Crippen molar-refractivity contribution < 1.29 is 18.3 Å². The second kappa shape index (κ2) is 6.86. The maximum absolute atomic E-state index is 13.6. The number of rotatable bonds is 3. The zero-order chi connectivity index (χ0) is 17.1. The van der Waals surface area contributed by atoms with Gasteiger partial charge >= 0.3 is 0 Å². The van der Waals surface area contributed by atoms with E-state index in [1.54, 1.807) is 29.2 Å². The largest absolute Gasteiger partial charge is 0.487 e. The van der Waals surface area contributed by atoms with Gasteiger partial charge in [-0.15, -0.1) is 0 Å². The second-order valence-corrected chi connectivity index (χ2v) is 5.81. The number of likely N-dealkylation sites (tertiary alicyclic amines) is 1. The molecule has 0 atom stereocenters. The monoisotopic (exact) mass is 332 g/mol. The van der Waals surface area contributed by atoms with E-state index in [0.717, 1.165) is 12.1 Å². The van der Waals surface area contributed by atoms with E-state index in [-0.39, 0.29) is 17.8 Å². The lowest BCUT2D eigenvalue weighted by Crippen LogP contribution is -2.41. The summed E-state index contributed by atoms with van der Waals surface area (Å²) in [6, 6.07) is 10.0. The molecule has 1 amide bonds. The summed E-state index contributed by atoms with van der Waals surface area (Å²) in [5.74, 6) is -1.36. The number of anilines is 1. The molecular formula is C18H18F2N2O2. The quantitative estimate of drug-likeness (QED) is 0.878. The minimum atomic E-state index is -0.713. The minimum absolute atomic E-state index is 0.0414. The van der Waals surface area contributed by atoms with Crippen LogP contribution in [0.25, 0.3) is 0 Å². The zero-order valence-electron chi connectivity index (χ0n) is 13.0. The zero-order valence-corrected chi connectivity index (χ0v) is 13.0. The van der Waals surface area contributed by atoms with Crippen molar-refractivity contribution >= 4 is 11.6 Å². The summed E-state index contributed by atoms with van der Waals surface area (Å²) in [6.45, 7) is 1.05. The summed E-state index contributed by atoms with van der Waals surface area (Å²) in [5.41, 5.74) is 6.82. The van der Waals surface area contributed by atoms with Gasteiger partial charge in [0.2, 0.25) is 0 Å². The number of ether oxygens (including phenoxy) is 1. The van der Waals surface area contributed by atoms with E-state index in [1.807, 2.05) is 0 Å². The van der Waals surface area contributed by atoms with Gasteiger partial charge in [0.25, 0.3) is 5.91 Å². The van der Waals surface area contributed by atoms with Crippen LogP contribution in [-0.2, 0) is 0 Å². The average molecular weight is 332 g/mol. The van der Waals surface area contributed by atoms with Crippen LogP contribution in [0.3, 0.4) is 0 Å². The van der Waals surface area contributed by atoms with Gasteiger partial charge in [0.15, 0.2) is 11.6 Å². The molecule has 24 heavy (non-hydrogen) atoms. The van der Waals surface area contributed by atoms with Gasteiger partial charge in [-0.3, -0.25) is 4.79 Å². The Bertz CT molecular complexity index is 726. The van der Waals surface area contributed by atoms with Crippen molar-refractivity contribution in [1.82, 2.24) is 4.90 Å². The Morgan fingerprint density at radius 3 is 2.38 bits per heavy atom. The van der Waals surface area contributed by atoms with Gasteiger partial charge in [0.1, 0.15) is 11.9 Å². The number of halogens is 2. The first-order valence-corrected chi connectivity index (χ1v) is 7.79. The molecule has 2 N–H and O–H groups in total. The van der Waals surface area contributed by atoms with E-state index < -0.39 is 11.6 Å². The number of hydrogen-bond donors (Lipinski definition) is 1. The molecule has 0 aliphatic carbocycles. The fraction of sp³-hybridized carbons (Fsp3) is 0.278. The van der Waals surface area contributed by atoms with Crippen LogP contribution in [0.15, 0.2) is 42.5 Å². The minimum Gasteiger partial charge on any atom is -0.487 e. The number of hydrogen-bond acceptors (Lipinski definition) is 3. The Labute approximate surface area is 138 Å². The van der Waals surface area contributed by atoms with E-state index in [4.69, 9.17) is 10.5 Å². The standard InChI is InChI=1S/C18H18F2N2O2/c19-13-3-6-17(16(20)11-13)24-15-7-9-22(10-8-15)18(23)12-1-4-14(21)5-2-12/h1-6,11,15H,7-10,21H2.